The number of amides is 2. The third kappa shape index (κ3) is 5.04. The number of aromatic nitrogens is 1. The largest absolute Gasteiger partial charge is 0.497 e. The maximum absolute atomic E-state index is 12.6. The number of hydrogen-bond acceptors (Lipinski definition) is 5. The second kappa shape index (κ2) is 9.14. The van der Waals surface area contributed by atoms with Gasteiger partial charge in [0.2, 0.25) is 0 Å². The van der Waals surface area contributed by atoms with Crippen LogP contribution in [0.1, 0.15) is 20.8 Å². The third-order valence-electron chi connectivity index (χ3n) is 4.59. The predicted octanol–water partition coefficient (Wildman–Crippen LogP) is 1.28. The van der Waals surface area contributed by atoms with Crippen LogP contribution >= 0.6 is 0 Å². The first-order valence-corrected chi connectivity index (χ1v) is 9.02. The van der Waals surface area contributed by atoms with Crippen LogP contribution in [0.15, 0.2) is 48.7 Å². The second-order valence-electron chi connectivity index (χ2n) is 6.34. The fourth-order valence-electron chi connectivity index (χ4n) is 3.03. The van der Waals surface area contributed by atoms with Gasteiger partial charge in [0.15, 0.2) is 0 Å². The average Bonchev–Trinajstić information content (AvgIpc) is 2.74. The number of rotatable bonds is 6. The molecule has 0 atom stereocenters. The van der Waals surface area contributed by atoms with Crippen LogP contribution in [0.3, 0.4) is 0 Å². The number of carbonyl (C=O) groups is 2. The molecule has 0 aliphatic carbocycles. The lowest BCUT2D eigenvalue weighted by Crippen LogP contribution is -2.50. The second-order valence-corrected chi connectivity index (χ2v) is 6.34. The van der Waals surface area contributed by atoms with E-state index in [1.54, 1.807) is 37.6 Å². The van der Waals surface area contributed by atoms with Crippen molar-refractivity contribution in [2.45, 2.75) is 0 Å². The Bertz CT molecular complexity index is 774. The zero-order valence-corrected chi connectivity index (χ0v) is 15.4. The van der Waals surface area contributed by atoms with Gasteiger partial charge in [-0.1, -0.05) is 12.1 Å². The lowest BCUT2D eigenvalue weighted by molar-refractivity contribution is 0.0637. The van der Waals surface area contributed by atoms with Gasteiger partial charge in [0.1, 0.15) is 11.4 Å². The van der Waals surface area contributed by atoms with Crippen molar-refractivity contribution >= 4 is 11.8 Å². The van der Waals surface area contributed by atoms with Crippen LogP contribution in [0.5, 0.6) is 5.75 Å². The van der Waals surface area contributed by atoms with E-state index in [1.807, 2.05) is 23.1 Å². The lowest BCUT2D eigenvalue weighted by atomic mass is 10.1. The molecule has 1 aliphatic rings. The van der Waals surface area contributed by atoms with E-state index in [0.29, 0.717) is 36.6 Å². The average molecular weight is 368 g/mol. The maximum Gasteiger partial charge on any atom is 0.269 e. The molecule has 1 aliphatic heterocycles. The summed E-state index contributed by atoms with van der Waals surface area (Å²) < 4.78 is 5.19. The van der Waals surface area contributed by atoms with Gasteiger partial charge in [-0.2, -0.15) is 0 Å². The van der Waals surface area contributed by atoms with E-state index >= 15 is 0 Å². The van der Waals surface area contributed by atoms with Gasteiger partial charge in [0, 0.05) is 51.0 Å². The van der Waals surface area contributed by atoms with Crippen LogP contribution in [0.2, 0.25) is 0 Å². The van der Waals surface area contributed by atoms with Crippen molar-refractivity contribution in [3.05, 3.63) is 59.9 Å². The minimum absolute atomic E-state index is 0.0250. The summed E-state index contributed by atoms with van der Waals surface area (Å²) in [6.45, 7) is 4.22. The molecule has 1 aromatic heterocycles. The molecule has 1 fully saturated rings. The van der Waals surface area contributed by atoms with Gasteiger partial charge in [-0.15, -0.1) is 0 Å². The molecule has 27 heavy (non-hydrogen) atoms. The predicted molar refractivity (Wildman–Crippen MR) is 102 cm³/mol. The first-order chi connectivity index (χ1) is 13.2. The van der Waals surface area contributed by atoms with Gasteiger partial charge >= 0.3 is 0 Å². The number of benzene rings is 1. The quantitative estimate of drug-likeness (QED) is 0.831. The summed E-state index contributed by atoms with van der Waals surface area (Å²) in [6.07, 6.45) is 1.60. The van der Waals surface area contributed by atoms with Crippen molar-refractivity contribution in [3.63, 3.8) is 0 Å². The molecule has 7 heteroatoms. The normalized spacial score (nSPS) is 14.6. The van der Waals surface area contributed by atoms with Gasteiger partial charge in [0.25, 0.3) is 11.8 Å². The van der Waals surface area contributed by atoms with E-state index in [1.165, 1.54) is 0 Å². The van der Waals surface area contributed by atoms with E-state index in [4.69, 9.17) is 4.74 Å². The highest BCUT2D eigenvalue weighted by atomic mass is 16.5. The summed E-state index contributed by atoms with van der Waals surface area (Å²) in [5, 5.41) is 2.88. The molecule has 3 rings (SSSR count). The third-order valence-corrected chi connectivity index (χ3v) is 4.59. The summed E-state index contributed by atoms with van der Waals surface area (Å²) in [5.74, 6) is 0.544. The van der Waals surface area contributed by atoms with Gasteiger partial charge in [-0.05, 0) is 30.3 Å². The number of piperazine rings is 1. The Morgan fingerprint density at radius 2 is 1.93 bits per heavy atom. The Morgan fingerprint density at radius 1 is 1.11 bits per heavy atom. The molecule has 0 saturated carbocycles. The van der Waals surface area contributed by atoms with Crippen LogP contribution in [0, 0.1) is 0 Å². The number of carbonyl (C=O) groups excluding carboxylic acids is 2. The van der Waals surface area contributed by atoms with E-state index in [0.717, 1.165) is 19.6 Å². The van der Waals surface area contributed by atoms with E-state index in [2.05, 4.69) is 15.2 Å². The number of methoxy groups -OCH3 is 1. The Balaban J connectivity index is 1.42. The molecule has 2 aromatic rings. The minimum Gasteiger partial charge on any atom is -0.497 e. The zero-order chi connectivity index (χ0) is 19.1. The molecule has 2 heterocycles. The van der Waals surface area contributed by atoms with Crippen LogP contribution < -0.4 is 10.1 Å². The van der Waals surface area contributed by atoms with Crippen molar-refractivity contribution in [2.75, 3.05) is 46.4 Å². The van der Waals surface area contributed by atoms with Crippen LogP contribution in [0.4, 0.5) is 0 Å². The Hall–Kier alpha value is -2.93. The molecule has 0 unspecified atom stereocenters. The topological polar surface area (TPSA) is 74.8 Å². The van der Waals surface area contributed by atoms with E-state index in [-0.39, 0.29) is 11.8 Å². The minimum atomic E-state index is -0.164. The van der Waals surface area contributed by atoms with Gasteiger partial charge in [0.05, 0.1) is 7.11 Å². The fraction of sp³-hybridized carbons (Fsp3) is 0.350. The molecule has 1 aromatic carbocycles. The van der Waals surface area contributed by atoms with E-state index < -0.39 is 0 Å². The van der Waals surface area contributed by atoms with Crippen LogP contribution in [-0.4, -0.2) is 73.0 Å². The number of nitrogens with one attached hydrogen (secondary N) is 1. The number of ether oxygens (including phenoxy) is 1. The summed E-state index contributed by atoms with van der Waals surface area (Å²) >= 11 is 0. The number of nitrogens with zero attached hydrogens (tertiary/aromatic N) is 3. The Morgan fingerprint density at radius 3 is 2.63 bits per heavy atom. The summed E-state index contributed by atoms with van der Waals surface area (Å²) in [5.41, 5.74) is 1.07. The summed E-state index contributed by atoms with van der Waals surface area (Å²) in [7, 11) is 1.59. The highest BCUT2D eigenvalue weighted by Gasteiger charge is 2.22. The highest BCUT2D eigenvalue weighted by molar-refractivity contribution is 5.94. The van der Waals surface area contributed by atoms with E-state index in [9.17, 15) is 9.59 Å². The lowest BCUT2D eigenvalue weighted by Gasteiger charge is -2.34. The van der Waals surface area contributed by atoms with Crippen molar-refractivity contribution in [1.82, 2.24) is 20.1 Å². The zero-order valence-electron chi connectivity index (χ0n) is 15.4. The molecule has 0 radical (unpaired) electrons. The smallest absolute Gasteiger partial charge is 0.269 e. The van der Waals surface area contributed by atoms with Crippen LogP contribution in [0.25, 0.3) is 0 Å². The van der Waals surface area contributed by atoms with Crippen molar-refractivity contribution in [2.24, 2.45) is 0 Å². The van der Waals surface area contributed by atoms with Gasteiger partial charge in [-0.25, -0.2) is 0 Å². The molecule has 7 nitrogen and oxygen atoms in total. The monoisotopic (exact) mass is 368 g/mol. The van der Waals surface area contributed by atoms with Crippen LogP contribution in [-0.2, 0) is 0 Å². The molecule has 0 bridgehead atoms. The molecule has 1 saturated heterocycles. The molecular formula is C20H24N4O3. The first kappa shape index (κ1) is 18.8. The molecule has 1 N–H and O–H groups in total. The molecule has 2 amide bonds. The summed E-state index contributed by atoms with van der Waals surface area (Å²) in [6, 6.07) is 12.5. The SMILES string of the molecule is COc1cccc(C(=O)N2CCN(CCNC(=O)c3ccccn3)CC2)c1. The number of hydrogen-bond donors (Lipinski definition) is 1. The molecule has 0 spiro atoms. The standard InChI is InChI=1S/C20H24N4O3/c1-27-17-6-4-5-16(15-17)20(26)24-13-11-23(12-14-24)10-9-22-19(25)18-7-2-3-8-21-18/h2-8,15H,9-14H2,1H3,(H,22,25). The van der Waals surface area contributed by atoms with Gasteiger partial charge in [-0.3, -0.25) is 19.5 Å². The fourth-order valence-corrected chi connectivity index (χ4v) is 3.03. The van der Waals surface area contributed by atoms with Crippen molar-refractivity contribution in [1.29, 1.82) is 0 Å². The Kier molecular flexibility index (Phi) is 6.38. The van der Waals surface area contributed by atoms with Crippen molar-refractivity contribution in [3.8, 4) is 5.75 Å². The molecular weight excluding hydrogens is 344 g/mol. The highest BCUT2D eigenvalue weighted by Crippen LogP contribution is 2.15. The van der Waals surface area contributed by atoms with Crippen molar-refractivity contribution < 1.29 is 14.3 Å². The Labute approximate surface area is 158 Å². The maximum atomic E-state index is 12.6. The van der Waals surface area contributed by atoms with Gasteiger partial charge < -0.3 is 15.0 Å². The summed E-state index contributed by atoms with van der Waals surface area (Å²) in [4.78, 5) is 32.7. The number of pyridine rings is 1. The first-order valence-electron chi connectivity index (χ1n) is 9.02. The molecule has 142 valence electrons.